The lowest BCUT2D eigenvalue weighted by atomic mass is 10.1. The number of guanidine groups is 1. The normalized spacial score (nSPS) is 16.3. The van der Waals surface area contributed by atoms with Gasteiger partial charge in [-0.3, -0.25) is 14.7 Å². The van der Waals surface area contributed by atoms with Crippen LogP contribution in [-0.4, -0.2) is 49.2 Å². The maximum Gasteiger partial charge on any atom is 0.277 e. The van der Waals surface area contributed by atoms with Gasteiger partial charge in [-0.15, -0.1) is 0 Å². The molecule has 0 saturated carbocycles. The van der Waals surface area contributed by atoms with E-state index in [1.807, 2.05) is 38.4 Å². The van der Waals surface area contributed by atoms with Crippen molar-refractivity contribution < 1.29 is 19.0 Å². The van der Waals surface area contributed by atoms with Gasteiger partial charge in [-0.2, -0.15) is 0 Å². The Balaban J connectivity index is 1.86. The number of aliphatic hydroxyl groups is 1. The molecule has 0 spiro atoms. The summed E-state index contributed by atoms with van der Waals surface area (Å²) in [5.41, 5.74) is 3.59. The van der Waals surface area contributed by atoms with E-state index >= 15 is 0 Å². The zero-order chi connectivity index (χ0) is 23.8. The average molecular weight is 454 g/mol. The van der Waals surface area contributed by atoms with Crippen molar-refractivity contribution in [1.82, 2.24) is 15.5 Å². The first-order valence-electron chi connectivity index (χ1n) is 10.4. The minimum atomic E-state index is -0.345. The van der Waals surface area contributed by atoms with Crippen LogP contribution in [0.4, 0.5) is 10.1 Å². The molecule has 1 fully saturated rings. The van der Waals surface area contributed by atoms with Crippen LogP contribution in [0.1, 0.15) is 18.1 Å². The fourth-order valence-corrected chi connectivity index (χ4v) is 3.12. The van der Waals surface area contributed by atoms with Crippen molar-refractivity contribution >= 4 is 23.6 Å². The van der Waals surface area contributed by atoms with Crippen molar-refractivity contribution in [2.75, 3.05) is 32.6 Å². The molecule has 0 aromatic heterocycles. The van der Waals surface area contributed by atoms with Crippen LogP contribution in [0.3, 0.4) is 0 Å². The SMILES string of the molecule is CN/C(C)=C\Nc1ccc(/C=C2\NC(=NCCO)N(Cc3ccc(F)cc3)C2=O)cc1OC. The number of rotatable bonds is 9. The number of carbonyl (C=O) groups excluding carboxylic acids is 1. The van der Waals surface area contributed by atoms with Crippen molar-refractivity contribution in [2.24, 2.45) is 4.99 Å². The topological polar surface area (TPSA) is 98.2 Å². The minimum Gasteiger partial charge on any atom is -0.495 e. The van der Waals surface area contributed by atoms with Crippen LogP contribution in [0, 0.1) is 5.82 Å². The van der Waals surface area contributed by atoms with E-state index < -0.39 is 0 Å². The Hall–Kier alpha value is -3.85. The summed E-state index contributed by atoms with van der Waals surface area (Å²) < 4.78 is 18.7. The monoisotopic (exact) mass is 453 g/mol. The molecular formula is C24H28FN5O3. The molecule has 1 heterocycles. The number of nitrogens with one attached hydrogen (secondary N) is 3. The number of benzene rings is 2. The van der Waals surface area contributed by atoms with E-state index in [4.69, 9.17) is 9.84 Å². The Kier molecular flexibility index (Phi) is 8.04. The molecule has 1 aliphatic heterocycles. The molecule has 1 aliphatic rings. The Morgan fingerprint density at radius 2 is 2.03 bits per heavy atom. The number of anilines is 1. The number of aliphatic hydroxyl groups excluding tert-OH is 1. The molecule has 0 aliphatic carbocycles. The second kappa shape index (κ2) is 11.1. The number of halogens is 1. The molecule has 33 heavy (non-hydrogen) atoms. The molecule has 0 radical (unpaired) electrons. The first kappa shape index (κ1) is 23.8. The third-order valence-electron chi connectivity index (χ3n) is 4.97. The number of aliphatic imine (C=N–C) groups is 1. The van der Waals surface area contributed by atoms with Gasteiger partial charge in [0.05, 0.1) is 32.5 Å². The lowest BCUT2D eigenvalue weighted by Gasteiger charge is -2.15. The highest BCUT2D eigenvalue weighted by atomic mass is 19.1. The first-order valence-corrected chi connectivity index (χ1v) is 10.4. The maximum atomic E-state index is 13.2. The molecule has 1 amide bonds. The highest BCUT2D eigenvalue weighted by molar-refractivity contribution is 6.15. The third kappa shape index (κ3) is 6.11. The highest BCUT2D eigenvalue weighted by Crippen LogP contribution is 2.27. The molecule has 2 aromatic carbocycles. The summed E-state index contributed by atoms with van der Waals surface area (Å²) in [6.07, 6.45) is 3.54. The van der Waals surface area contributed by atoms with Gasteiger partial charge >= 0.3 is 0 Å². The number of methoxy groups -OCH3 is 1. The lowest BCUT2D eigenvalue weighted by molar-refractivity contribution is -0.122. The van der Waals surface area contributed by atoms with Crippen molar-refractivity contribution in [3.63, 3.8) is 0 Å². The number of ether oxygens (including phenoxy) is 1. The van der Waals surface area contributed by atoms with Gasteiger partial charge < -0.3 is 25.8 Å². The number of hydrogen-bond donors (Lipinski definition) is 4. The van der Waals surface area contributed by atoms with Gasteiger partial charge in [0.1, 0.15) is 17.3 Å². The summed E-state index contributed by atoms with van der Waals surface area (Å²) >= 11 is 0. The molecule has 4 N–H and O–H groups in total. The molecule has 8 nitrogen and oxygen atoms in total. The predicted octanol–water partition coefficient (Wildman–Crippen LogP) is 2.65. The largest absolute Gasteiger partial charge is 0.495 e. The molecule has 9 heteroatoms. The molecule has 0 atom stereocenters. The van der Waals surface area contributed by atoms with Gasteiger partial charge in [-0.05, 0) is 48.4 Å². The van der Waals surface area contributed by atoms with Gasteiger partial charge in [-0.25, -0.2) is 4.39 Å². The van der Waals surface area contributed by atoms with E-state index in [2.05, 4.69) is 20.9 Å². The molecule has 3 rings (SSSR count). The van der Waals surface area contributed by atoms with Gasteiger partial charge in [0.25, 0.3) is 5.91 Å². The smallest absolute Gasteiger partial charge is 0.277 e. The van der Waals surface area contributed by atoms with Crippen LogP contribution in [0.15, 0.2) is 65.1 Å². The number of nitrogens with zero attached hydrogens (tertiary/aromatic N) is 2. The van der Waals surface area contributed by atoms with Crippen molar-refractivity contribution in [2.45, 2.75) is 13.5 Å². The molecule has 2 aromatic rings. The summed E-state index contributed by atoms with van der Waals surface area (Å²) in [6.45, 7) is 2.16. The van der Waals surface area contributed by atoms with Crippen LogP contribution in [0.5, 0.6) is 5.75 Å². The van der Waals surface area contributed by atoms with Crippen molar-refractivity contribution in [1.29, 1.82) is 0 Å². The molecule has 0 unspecified atom stereocenters. The summed E-state index contributed by atoms with van der Waals surface area (Å²) in [7, 11) is 3.41. The molecular weight excluding hydrogens is 425 g/mol. The van der Waals surface area contributed by atoms with Crippen LogP contribution in [-0.2, 0) is 11.3 Å². The van der Waals surface area contributed by atoms with Crippen LogP contribution in [0.2, 0.25) is 0 Å². The maximum absolute atomic E-state index is 13.2. The van der Waals surface area contributed by atoms with E-state index in [0.717, 1.165) is 22.5 Å². The zero-order valence-electron chi connectivity index (χ0n) is 18.9. The minimum absolute atomic E-state index is 0.143. The Labute approximate surface area is 192 Å². The Morgan fingerprint density at radius 1 is 1.27 bits per heavy atom. The molecule has 174 valence electrons. The average Bonchev–Trinajstić information content (AvgIpc) is 3.11. The fourth-order valence-electron chi connectivity index (χ4n) is 3.12. The Bertz CT molecular complexity index is 1080. The summed E-state index contributed by atoms with van der Waals surface area (Å²) in [5.74, 6) is 0.336. The first-order chi connectivity index (χ1) is 15.9. The van der Waals surface area contributed by atoms with Crippen molar-refractivity contribution in [3.8, 4) is 5.75 Å². The van der Waals surface area contributed by atoms with E-state index in [1.54, 1.807) is 25.3 Å². The standard InChI is InChI=1S/C24H28FN5O3/c1-16(26-2)14-28-20-9-6-18(13-22(20)33-3)12-21-23(32)30(24(29-21)27-10-11-31)15-17-4-7-19(25)8-5-17/h4-9,12-14,26,28,31H,10-11,15H2,1-3H3,(H,27,29)/b16-14-,21-12-. The number of amides is 1. The number of carbonyl (C=O) groups is 1. The predicted molar refractivity (Wildman–Crippen MR) is 127 cm³/mol. The van der Waals surface area contributed by atoms with Crippen LogP contribution >= 0.6 is 0 Å². The second-order valence-electron chi connectivity index (χ2n) is 7.31. The lowest BCUT2D eigenvalue weighted by Crippen LogP contribution is -2.32. The molecule has 0 bridgehead atoms. The van der Waals surface area contributed by atoms with E-state index in [0.29, 0.717) is 17.4 Å². The quantitative estimate of drug-likeness (QED) is 0.436. The van der Waals surface area contributed by atoms with Gasteiger partial charge in [0.15, 0.2) is 0 Å². The van der Waals surface area contributed by atoms with Crippen molar-refractivity contribution in [3.05, 3.63) is 77.0 Å². The summed E-state index contributed by atoms with van der Waals surface area (Å²) in [6, 6.07) is 11.5. The van der Waals surface area contributed by atoms with Crippen LogP contribution < -0.4 is 20.7 Å². The third-order valence-corrected chi connectivity index (χ3v) is 4.97. The summed E-state index contributed by atoms with van der Waals surface area (Å²) in [5, 5.41) is 18.4. The van der Waals surface area contributed by atoms with E-state index in [9.17, 15) is 9.18 Å². The van der Waals surface area contributed by atoms with Gasteiger partial charge in [-0.1, -0.05) is 18.2 Å². The Morgan fingerprint density at radius 3 is 2.70 bits per heavy atom. The summed E-state index contributed by atoms with van der Waals surface area (Å²) in [4.78, 5) is 18.8. The van der Waals surface area contributed by atoms with Crippen LogP contribution in [0.25, 0.3) is 6.08 Å². The van der Waals surface area contributed by atoms with E-state index in [1.165, 1.54) is 17.0 Å². The fraction of sp³-hybridized carbons (Fsp3) is 0.250. The highest BCUT2D eigenvalue weighted by Gasteiger charge is 2.31. The number of hydrogen-bond acceptors (Lipinski definition) is 6. The second-order valence-corrected chi connectivity index (χ2v) is 7.31. The van der Waals surface area contributed by atoms with E-state index in [-0.39, 0.29) is 31.4 Å². The van der Waals surface area contributed by atoms with Gasteiger partial charge in [0.2, 0.25) is 5.96 Å². The van der Waals surface area contributed by atoms with Gasteiger partial charge in [0, 0.05) is 18.9 Å². The zero-order valence-corrected chi connectivity index (χ0v) is 18.9. The number of allylic oxidation sites excluding steroid dienone is 1. The molecule has 1 saturated heterocycles.